The van der Waals surface area contributed by atoms with E-state index in [1.807, 2.05) is 13.8 Å². The second kappa shape index (κ2) is 6.89. The van der Waals surface area contributed by atoms with E-state index < -0.39 is 12.3 Å². The zero-order valence-electron chi connectivity index (χ0n) is 9.52. The molecule has 94 valence electrons. The van der Waals surface area contributed by atoms with Crippen LogP contribution in [-0.2, 0) is 19.2 Å². The topological polar surface area (TPSA) is 91.3 Å². The van der Waals surface area contributed by atoms with Gasteiger partial charge in [-0.3, -0.25) is 0 Å². The molecule has 0 bridgehead atoms. The van der Waals surface area contributed by atoms with Gasteiger partial charge in [-0.05, 0) is 26.7 Å². The van der Waals surface area contributed by atoms with Gasteiger partial charge in [-0.15, -0.1) is 0 Å². The lowest BCUT2D eigenvalue weighted by Gasteiger charge is -2.22. The Hall–Kier alpha value is -1.50. The zero-order chi connectivity index (χ0) is 12.6. The van der Waals surface area contributed by atoms with Crippen molar-refractivity contribution in [1.82, 2.24) is 0 Å². The van der Waals surface area contributed by atoms with Crippen LogP contribution in [0.5, 0.6) is 0 Å². The lowest BCUT2D eigenvalue weighted by Crippen LogP contribution is -2.23. The van der Waals surface area contributed by atoms with Crippen LogP contribution in [0.3, 0.4) is 0 Å². The Balaban J connectivity index is 3.52. The molecule has 0 aliphatic heterocycles. The normalized spacial score (nSPS) is 10.7. The fraction of sp³-hybridized carbons (Fsp3) is 0.778. The van der Waals surface area contributed by atoms with Gasteiger partial charge in [0.1, 0.15) is 0 Å². The van der Waals surface area contributed by atoms with Crippen molar-refractivity contribution in [1.29, 1.82) is 0 Å². The van der Waals surface area contributed by atoms with Gasteiger partial charge in [0.25, 0.3) is 0 Å². The number of hydrogen-bond acceptors (Lipinski definition) is 6. The highest BCUT2D eigenvalue weighted by atomic mass is 17.3. The van der Waals surface area contributed by atoms with E-state index in [2.05, 4.69) is 14.5 Å². The van der Waals surface area contributed by atoms with E-state index in [0.29, 0.717) is 12.8 Å². The van der Waals surface area contributed by atoms with Crippen LogP contribution in [-0.4, -0.2) is 36.7 Å². The quantitative estimate of drug-likeness (QED) is 0.337. The third-order valence-corrected chi connectivity index (χ3v) is 1.88. The van der Waals surface area contributed by atoms with Crippen LogP contribution in [0.1, 0.15) is 26.7 Å². The molecule has 0 fully saturated rings. The average molecular weight is 236 g/mol. The van der Waals surface area contributed by atoms with Crippen LogP contribution in [0.25, 0.3) is 0 Å². The summed E-state index contributed by atoms with van der Waals surface area (Å²) in [5.74, 6) is 0. The number of methoxy groups -OCH3 is 1. The molecule has 0 radical (unpaired) electrons. The molecular formula is C9H16O7. The highest BCUT2D eigenvalue weighted by Gasteiger charge is 2.16. The van der Waals surface area contributed by atoms with E-state index in [1.54, 1.807) is 7.11 Å². The van der Waals surface area contributed by atoms with Gasteiger partial charge in [-0.1, -0.05) is 0 Å². The number of carboxylic acid groups (broad SMARTS) is 1. The molecule has 0 amide bonds. The fourth-order valence-electron chi connectivity index (χ4n) is 0.849. The lowest BCUT2D eigenvalue weighted by atomic mass is 10.0. The third kappa shape index (κ3) is 7.86. The van der Waals surface area contributed by atoms with Crippen LogP contribution in [0.15, 0.2) is 0 Å². The van der Waals surface area contributed by atoms with Crippen molar-refractivity contribution in [2.45, 2.75) is 32.3 Å². The number of hydrogen-bond donors (Lipinski definition) is 1. The molecule has 0 unspecified atom stereocenters. The van der Waals surface area contributed by atoms with Crippen molar-refractivity contribution in [3.63, 3.8) is 0 Å². The summed E-state index contributed by atoms with van der Waals surface area (Å²) < 4.78 is 9.68. The molecule has 0 aliphatic carbocycles. The minimum Gasteiger partial charge on any atom is -0.447 e. The summed E-state index contributed by atoms with van der Waals surface area (Å²) in [5.41, 5.74) is -0.287. The number of carbonyl (C=O) groups is 2. The standard InChI is InChI=1S/C9H16O7/c1-9(2,13-3)5-4-6-14-8(12)16-15-7(10)11/h4-6H2,1-3H3,(H,10,11). The minimum absolute atomic E-state index is 0.106. The molecule has 0 rings (SSSR count). The van der Waals surface area contributed by atoms with Gasteiger partial charge >= 0.3 is 12.3 Å². The average Bonchev–Trinajstić information content (AvgIpc) is 2.21. The van der Waals surface area contributed by atoms with Gasteiger partial charge in [-0.2, -0.15) is 9.68 Å². The molecule has 0 heterocycles. The van der Waals surface area contributed by atoms with Crippen molar-refractivity contribution in [3.8, 4) is 0 Å². The van der Waals surface area contributed by atoms with Crippen molar-refractivity contribution >= 4 is 12.3 Å². The molecule has 7 nitrogen and oxygen atoms in total. The largest absolute Gasteiger partial charge is 0.549 e. The molecule has 7 heteroatoms. The van der Waals surface area contributed by atoms with Crippen LogP contribution >= 0.6 is 0 Å². The molecule has 0 spiro atoms. The second-order valence-corrected chi connectivity index (χ2v) is 3.60. The number of ether oxygens (including phenoxy) is 2. The minimum atomic E-state index is -1.71. The summed E-state index contributed by atoms with van der Waals surface area (Å²) in [7, 11) is 1.59. The molecule has 0 aromatic carbocycles. The van der Waals surface area contributed by atoms with Crippen molar-refractivity contribution in [2.75, 3.05) is 13.7 Å². The maximum Gasteiger partial charge on any atom is 0.549 e. The second-order valence-electron chi connectivity index (χ2n) is 3.60. The summed E-state index contributed by atoms with van der Waals surface area (Å²) >= 11 is 0. The predicted octanol–water partition coefficient (Wildman–Crippen LogP) is 1.95. The maximum atomic E-state index is 10.7. The van der Waals surface area contributed by atoms with Crippen LogP contribution in [0, 0.1) is 0 Å². The summed E-state index contributed by atoms with van der Waals surface area (Å²) in [6.45, 7) is 3.91. The molecule has 0 aromatic heterocycles. The first kappa shape index (κ1) is 14.5. The fourth-order valence-corrected chi connectivity index (χ4v) is 0.849. The first-order valence-electron chi connectivity index (χ1n) is 4.67. The summed E-state index contributed by atoms with van der Waals surface area (Å²) in [6.07, 6.45) is -1.63. The molecule has 16 heavy (non-hydrogen) atoms. The summed E-state index contributed by atoms with van der Waals surface area (Å²) in [4.78, 5) is 27.8. The van der Waals surface area contributed by atoms with Crippen molar-refractivity contribution in [2.24, 2.45) is 0 Å². The Labute approximate surface area is 93.2 Å². The van der Waals surface area contributed by atoms with Crippen molar-refractivity contribution < 1.29 is 33.9 Å². The van der Waals surface area contributed by atoms with Gasteiger partial charge in [0, 0.05) is 7.11 Å². The Morgan fingerprint density at radius 3 is 2.38 bits per heavy atom. The van der Waals surface area contributed by atoms with Gasteiger partial charge in [0.05, 0.1) is 12.2 Å². The molecule has 0 aromatic rings. The molecule has 0 saturated carbocycles. The molecule has 1 N–H and O–H groups in total. The van der Waals surface area contributed by atoms with E-state index in [1.165, 1.54) is 0 Å². The predicted molar refractivity (Wildman–Crippen MR) is 51.9 cm³/mol. The van der Waals surface area contributed by atoms with Gasteiger partial charge in [0.2, 0.25) is 0 Å². The van der Waals surface area contributed by atoms with E-state index in [-0.39, 0.29) is 12.2 Å². The van der Waals surface area contributed by atoms with E-state index in [4.69, 9.17) is 9.84 Å². The Morgan fingerprint density at radius 2 is 1.88 bits per heavy atom. The first-order chi connectivity index (χ1) is 7.37. The van der Waals surface area contributed by atoms with E-state index in [9.17, 15) is 9.59 Å². The summed E-state index contributed by atoms with van der Waals surface area (Å²) in [6, 6.07) is 0. The van der Waals surface area contributed by atoms with Gasteiger partial charge < -0.3 is 14.6 Å². The van der Waals surface area contributed by atoms with Crippen LogP contribution in [0.4, 0.5) is 9.59 Å². The number of rotatable bonds is 5. The van der Waals surface area contributed by atoms with Crippen LogP contribution in [0.2, 0.25) is 0 Å². The monoisotopic (exact) mass is 236 g/mol. The van der Waals surface area contributed by atoms with Crippen LogP contribution < -0.4 is 0 Å². The van der Waals surface area contributed by atoms with E-state index >= 15 is 0 Å². The van der Waals surface area contributed by atoms with Gasteiger partial charge in [0.15, 0.2) is 0 Å². The molecule has 0 atom stereocenters. The first-order valence-corrected chi connectivity index (χ1v) is 4.67. The lowest BCUT2D eigenvalue weighted by molar-refractivity contribution is -0.213. The Bertz CT molecular complexity index is 236. The molecular weight excluding hydrogens is 220 g/mol. The SMILES string of the molecule is COC(C)(C)CCCOC(=O)OOC(=O)O. The Kier molecular flexibility index (Phi) is 6.24. The Morgan fingerprint density at radius 1 is 1.25 bits per heavy atom. The van der Waals surface area contributed by atoms with E-state index in [0.717, 1.165) is 0 Å². The molecule has 0 aliphatic rings. The molecule has 0 saturated heterocycles. The third-order valence-electron chi connectivity index (χ3n) is 1.88. The summed E-state index contributed by atoms with van der Waals surface area (Å²) in [5, 5.41) is 8.00. The highest BCUT2D eigenvalue weighted by molar-refractivity contribution is 5.62. The number of carbonyl (C=O) groups excluding carboxylic acids is 1. The zero-order valence-corrected chi connectivity index (χ0v) is 9.52. The van der Waals surface area contributed by atoms with Crippen molar-refractivity contribution in [3.05, 3.63) is 0 Å². The van der Waals surface area contributed by atoms with Gasteiger partial charge in [-0.25, -0.2) is 9.68 Å². The highest BCUT2D eigenvalue weighted by Crippen LogP contribution is 2.14. The maximum absolute atomic E-state index is 10.7. The smallest absolute Gasteiger partial charge is 0.447 e.